The predicted molar refractivity (Wildman–Crippen MR) is 71.9 cm³/mol. The van der Waals surface area contributed by atoms with Crippen LogP contribution >= 0.6 is 0 Å². The molecule has 1 saturated heterocycles. The van der Waals surface area contributed by atoms with E-state index in [1.54, 1.807) is 0 Å². The molecular weight excluding hydrogens is 212 g/mol. The smallest absolute Gasteiger partial charge is 0.0847 e. The lowest BCUT2D eigenvalue weighted by atomic mass is 10.0. The molecule has 1 heterocycles. The first-order valence-electron chi connectivity index (χ1n) is 7.64. The van der Waals surface area contributed by atoms with Crippen LogP contribution < -0.4 is 0 Å². The maximum atomic E-state index is 5.25. The van der Waals surface area contributed by atoms with Crippen molar-refractivity contribution < 1.29 is 9.78 Å². The van der Waals surface area contributed by atoms with Crippen molar-refractivity contribution in [3.05, 3.63) is 0 Å². The third-order valence-electron chi connectivity index (χ3n) is 3.61. The summed E-state index contributed by atoms with van der Waals surface area (Å²) in [7, 11) is 0. The first kappa shape index (κ1) is 15.0. The SMILES string of the molecule is CC1CCCCCCCCCCCCOOC1. The first-order valence-corrected chi connectivity index (χ1v) is 7.64. The summed E-state index contributed by atoms with van der Waals surface area (Å²) in [6.07, 6.45) is 14.9. The summed E-state index contributed by atoms with van der Waals surface area (Å²) >= 11 is 0. The van der Waals surface area contributed by atoms with Gasteiger partial charge in [-0.05, 0) is 18.8 Å². The Hall–Kier alpha value is -0.0800. The zero-order valence-corrected chi connectivity index (χ0v) is 11.6. The van der Waals surface area contributed by atoms with E-state index < -0.39 is 0 Å². The zero-order chi connectivity index (χ0) is 12.2. The molecule has 17 heavy (non-hydrogen) atoms. The summed E-state index contributed by atoms with van der Waals surface area (Å²) in [5.41, 5.74) is 0. The summed E-state index contributed by atoms with van der Waals surface area (Å²) in [5.74, 6) is 0.642. The van der Waals surface area contributed by atoms with Gasteiger partial charge < -0.3 is 0 Å². The van der Waals surface area contributed by atoms with Gasteiger partial charge in [0.25, 0.3) is 0 Å². The van der Waals surface area contributed by atoms with Crippen molar-refractivity contribution in [2.75, 3.05) is 13.2 Å². The molecule has 0 N–H and O–H groups in total. The Bertz CT molecular complexity index is 143. The molecule has 1 atom stereocenters. The van der Waals surface area contributed by atoms with Crippen molar-refractivity contribution in [1.82, 2.24) is 0 Å². The highest BCUT2D eigenvalue weighted by atomic mass is 17.2. The molecule has 1 rings (SSSR count). The summed E-state index contributed by atoms with van der Waals surface area (Å²) in [5, 5.41) is 0. The number of hydrogen-bond donors (Lipinski definition) is 0. The van der Waals surface area contributed by atoms with Gasteiger partial charge >= 0.3 is 0 Å². The van der Waals surface area contributed by atoms with Crippen molar-refractivity contribution in [3.8, 4) is 0 Å². The fourth-order valence-electron chi connectivity index (χ4n) is 2.37. The van der Waals surface area contributed by atoms with Crippen molar-refractivity contribution in [2.45, 2.75) is 77.6 Å². The second-order valence-corrected chi connectivity index (χ2v) is 5.54. The third kappa shape index (κ3) is 9.61. The fraction of sp³-hybridized carbons (Fsp3) is 1.00. The molecule has 0 amide bonds. The van der Waals surface area contributed by atoms with Crippen LogP contribution in [0.25, 0.3) is 0 Å². The van der Waals surface area contributed by atoms with Crippen molar-refractivity contribution >= 4 is 0 Å². The molecule has 0 aromatic rings. The summed E-state index contributed by atoms with van der Waals surface area (Å²) in [4.78, 5) is 10.5. The van der Waals surface area contributed by atoms with E-state index in [0.29, 0.717) is 5.92 Å². The van der Waals surface area contributed by atoms with Gasteiger partial charge in [0.1, 0.15) is 0 Å². The quantitative estimate of drug-likeness (QED) is 0.564. The molecule has 1 fully saturated rings. The average molecular weight is 242 g/mol. The Labute approximate surface area is 107 Å². The molecule has 0 radical (unpaired) electrons. The van der Waals surface area contributed by atoms with Crippen LogP contribution in [0.4, 0.5) is 0 Å². The van der Waals surface area contributed by atoms with Gasteiger partial charge in [0.2, 0.25) is 0 Å². The van der Waals surface area contributed by atoms with Gasteiger partial charge in [-0.15, -0.1) is 0 Å². The van der Waals surface area contributed by atoms with Crippen LogP contribution in [-0.4, -0.2) is 13.2 Å². The predicted octanol–water partition coefficient (Wildman–Crippen LogP) is 4.88. The Morgan fingerprint density at radius 1 is 0.647 bits per heavy atom. The standard InChI is InChI=1S/C15H30O2/c1-15-12-10-8-6-4-2-3-5-7-9-11-13-16-17-14-15/h15H,2-14H2,1H3. The van der Waals surface area contributed by atoms with E-state index in [-0.39, 0.29) is 0 Å². The van der Waals surface area contributed by atoms with Crippen LogP contribution in [0.2, 0.25) is 0 Å². The largest absolute Gasteiger partial charge is 0.237 e. The molecule has 0 spiro atoms. The van der Waals surface area contributed by atoms with Crippen molar-refractivity contribution in [3.63, 3.8) is 0 Å². The normalized spacial score (nSPS) is 27.7. The van der Waals surface area contributed by atoms with E-state index >= 15 is 0 Å². The second kappa shape index (κ2) is 11.0. The van der Waals surface area contributed by atoms with Crippen molar-refractivity contribution in [1.29, 1.82) is 0 Å². The van der Waals surface area contributed by atoms with Crippen LogP contribution in [0.3, 0.4) is 0 Å². The second-order valence-electron chi connectivity index (χ2n) is 5.54. The summed E-state index contributed by atoms with van der Waals surface area (Å²) in [6.45, 7) is 3.79. The van der Waals surface area contributed by atoms with Gasteiger partial charge in [0.05, 0.1) is 13.2 Å². The maximum absolute atomic E-state index is 5.25. The van der Waals surface area contributed by atoms with Gasteiger partial charge in [-0.2, -0.15) is 0 Å². The molecule has 2 nitrogen and oxygen atoms in total. The summed E-state index contributed by atoms with van der Waals surface area (Å²) in [6, 6.07) is 0. The maximum Gasteiger partial charge on any atom is 0.0847 e. The molecule has 1 aliphatic rings. The Morgan fingerprint density at radius 2 is 1.18 bits per heavy atom. The molecule has 1 aliphatic heterocycles. The zero-order valence-electron chi connectivity index (χ0n) is 11.6. The molecular formula is C15H30O2. The number of rotatable bonds is 0. The van der Waals surface area contributed by atoms with Crippen molar-refractivity contribution in [2.24, 2.45) is 5.92 Å². The fourth-order valence-corrected chi connectivity index (χ4v) is 2.37. The third-order valence-corrected chi connectivity index (χ3v) is 3.61. The Kier molecular flexibility index (Phi) is 9.72. The molecule has 0 saturated carbocycles. The molecule has 102 valence electrons. The Morgan fingerprint density at radius 3 is 1.82 bits per heavy atom. The van der Waals surface area contributed by atoms with E-state index in [1.807, 2.05) is 0 Å². The molecule has 0 aromatic heterocycles. The van der Waals surface area contributed by atoms with Crippen LogP contribution in [-0.2, 0) is 9.78 Å². The highest BCUT2D eigenvalue weighted by molar-refractivity contribution is 4.53. The number of hydrogen-bond acceptors (Lipinski definition) is 2. The lowest BCUT2D eigenvalue weighted by Crippen LogP contribution is -2.07. The van der Waals surface area contributed by atoms with Crippen LogP contribution in [0.1, 0.15) is 77.6 Å². The molecule has 1 unspecified atom stereocenters. The molecule has 0 aliphatic carbocycles. The van der Waals surface area contributed by atoms with Gasteiger partial charge in [0.15, 0.2) is 0 Å². The average Bonchev–Trinajstić information content (AvgIpc) is 2.32. The molecule has 2 heteroatoms. The van der Waals surface area contributed by atoms with E-state index in [2.05, 4.69) is 6.92 Å². The molecule has 0 aromatic carbocycles. The minimum absolute atomic E-state index is 0.642. The van der Waals surface area contributed by atoms with Gasteiger partial charge in [-0.1, -0.05) is 64.7 Å². The van der Waals surface area contributed by atoms with Crippen LogP contribution in [0.15, 0.2) is 0 Å². The minimum Gasteiger partial charge on any atom is -0.237 e. The highest BCUT2D eigenvalue weighted by Crippen LogP contribution is 2.14. The lowest BCUT2D eigenvalue weighted by Gasteiger charge is -2.11. The van der Waals surface area contributed by atoms with E-state index in [9.17, 15) is 0 Å². The van der Waals surface area contributed by atoms with Gasteiger partial charge in [0, 0.05) is 0 Å². The van der Waals surface area contributed by atoms with E-state index in [1.165, 1.54) is 64.2 Å². The highest BCUT2D eigenvalue weighted by Gasteiger charge is 2.03. The lowest BCUT2D eigenvalue weighted by molar-refractivity contribution is -0.301. The Balaban J connectivity index is 2.09. The van der Waals surface area contributed by atoms with Crippen LogP contribution in [0.5, 0.6) is 0 Å². The topological polar surface area (TPSA) is 18.5 Å². The first-order chi connectivity index (χ1) is 8.39. The van der Waals surface area contributed by atoms with Gasteiger partial charge in [-0.25, -0.2) is 9.78 Å². The van der Waals surface area contributed by atoms with E-state index in [4.69, 9.17) is 9.78 Å². The summed E-state index contributed by atoms with van der Waals surface area (Å²) < 4.78 is 0. The minimum atomic E-state index is 0.642. The van der Waals surface area contributed by atoms with Crippen LogP contribution in [0, 0.1) is 5.92 Å². The van der Waals surface area contributed by atoms with E-state index in [0.717, 1.165) is 19.6 Å². The van der Waals surface area contributed by atoms with Gasteiger partial charge in [-0.3, -0.25) is 0 Å². The molecule has 0 bridgehead atoms. The monoisotopic (exact) mass is 242 g/mol.